The maximum atomic E-state index is 14.4. The summed E-state index contributed by atoms with van der Waals surface area (Å²) in [5, 5.41) is 9.21. The Morgan fingerprint density at radius 2 is 2.05 bits per heavy atom. The summed E-state index contributed by atoms with van der Waals surface area (Å²) < 4.78 is 33.1. The number of carboxylic acids is 1. The quantitative estimate of drug-likeness (QED) is 0.802. The molecule has 0 spiro atoms. The molecule has 0 aliphatic rings. The summed E-state index contributed by atoms with van der Waals surface area (Å²) in [6.45, 7) is 0. The van der Waals surface area contributed by atoms with Crippen LogP contribution in [0.5, 0.6) is 0 Å². The molecule has 0 aliphatic carbocycles. The molecule has 0 bridgehead atoms. The highest BCUT2D eigenvalue weighted by Gasteiger charge is 2.21. The molecule has 1 aromatic heterocycles. The van der Waals surface area contributed by atoms with Crippen LogP contribution >= 0.6 is 0 Å². The van der Waals surface area contributed by atoms with Gasteiger partial charge in [-0.2, -0.15) is 0 Å². The zero-order chi connectivity index (χ0) is 15.0. The van der Waals surface area contributed by atoms with Gasteiger partial charge in [0.15, 0.2) is 17.8 Å². The third-order valence-corrected chi connectivity index (χ3v) is 3.22. The van der Waals surface area contributed by atoms with Gasteiger partial charge in [0.25, 0.3) is 0 Å². The lowest BCUT2D eigenvalue weighted by Crippen LogP contribution is -2.07. The minimum absolute atomic E-state index is 0.0437. The average Bonchev–Trinajstić information content (AvgIpc) is 2.92. The molecule has 0 amide bonds. The second-order valence-electron chi connectivity index (χ2n) is 4.49. The van der Waals surface area contributed by atoms with Gasteiger partial charge in [-0.05, 0) is 17.7 Å². The summed E-state index contributed by atoms with van der Waals surface area (Å²) in [5.74, 6) is -2.63. The van der Waals surface area contributed by atoms with Crippen molar-refractivity contribution in [1.82, 2.24) is 4.98 Å². The molecule has 0 saturated carbocycles. The average molecular weight is 289 g/mol. The molecule has 4 nitrogen and oxygen atoms in total. The van der Waals surface area contributed by atoms with Crippen LogP contribution in [0.15, 0.2) is 41.1 Å². The van der Waals surface area contributed by atoms with Crippen molar-refractivity contribution in [2.75, 3.05) is 0 Å². The van der Waals surface area contributed by atoms with Gasteiger partial charge in [0.1, 0.15) is 11.3 Å². The Hall–Kier alpha value is -2.76. The molecule has 0 atom stereocenters. The van der Waals surface area contributed by atoms with Crippen LogP contribution in [0.3, 0.4) is 0 Å². The molecule has 0 radical (unpaired) electrons. The van der Waals surface area contributed by atoms with Crippen molar-refractivity contribution < 1.29 is 23.1 Å². The monoisotopic (exact) mass is 289 g/mol. The summed E-state index contributed by atoms with van der Waals surface area (Å²) in [5.41, 5.74) is -0.190. The smallest absolute Gasteiger partial charge is 0.336 e. The zero-order valence-corrected chi connectivity index (χ0v) is 10.6. The molecule has 21 heavy (non-hydrogen) atoms. The van der Waals surface area contributed by atoms with E-state index in [9.17, 15) is 18.7 Å². The highest BCUT2D eigenvalue weighted by molar-refractivity contribution is 5.94. The Morgan fingerprint density at radius 1 is 1.29 bits per heavy atom. The molecule has 106 valence electrons. The summed E-state index contributed by atoms with van der Waals surface area (Å²) in [6, 6.07) is 7.03. The van der Waals surface area contributed by atoms with Crippen molar-refractivity contribution >= 4 is 17.1 Å². The van der Waals surface area contributed by atoms with Crippen LogP contribution in [0.4, 0.5) is 8.78 Å². The number of aromatic nitrogens is 1. The fourth-order valence-corrected chi connectivity index (χ4v) is 2.20. The van der Waals surface area contributed by atoms with Crippen molar-refractivity contribution in [3.63, 3.8) is 0 Å². The van der Waals surface area contributed by atoms with Gasteiger partial charge >= 0.3 is 5.97 Å². The van der Waals surface area contributed by atoms with Crippen LogP contribution < -0.4 is 0 Å². The van der Waals surface area contributed by atoms with E-state index in [1.165, 1.54) is 24.3 Å². The third-order valence-electron chi connectivity index (χ3n) is 3.22. The largest absolute Gasteiger partial charge is 0.478 e. The molecule has 3 rings (SSSR count). The van der Waals surface area contributed by atoms with Gasteiger partial charge in [0, 0.05) is 12.0 Å². The van der Waals surface area contributed by atoms with Crippen LogP contribution in [-0.4, -0.2) is 16.1 Å². The SMILES string of the molecule is O=C(O)c1cc2ocnc2c(F)c1Cc1ccccc1F. The first-order chi connectivity index (χ1) is 10.1. The van der Waals surface area contributed by atoms with E-state index >= 15 is 0 Å². The molecular formula is C15H9F2NO3. The number of carbonyl (C=O) groups is 1. The van der Waals surface area contributed by atoms with E-state index in [2.05, 4.69) is 4.98 Å². The van der Waals surface area contributed by atoms with Gasteiger partial charge < -0.3 is 9.52 Å². The van der Waals surface area contributed by atoms with E-state index in [1.807, 2.05) is 0 Å². The number of halogens is 2. The second-order valence-corrected chi connectivity index (χ2v) is 4.49. The Bertz CT molecular complexity index is 842. The molecule has 0 unspecified atom stereocenters. The van der Waals surface area contributed by atoms with Crippen molar-refractivity contribution in [3.8, 4) is 0 Å². The molecule has 3 aromatic rings. The van der Waals surface area contributed by atoms with Crippen LogP contribution in [0.1, 0.15) is 21.5 Å². The fraction of sp³-hybridized carbons (Fsp3) is 0.0667. The molecule has 1 N–H and O–H groups in total. The van der Waals surface area contributed by atoms with E-state index in [-0.39, 0.29) is 34.2 Å². The standard InChI is InChI=1S/C15H9F2NO3/c16-11-4-2-1-3-8(11)5-9-10(15(19)20)6-12-14(13(9)17)18-7-21-12/h1-4,6-7H,5H2,(H,19,20). The van der Waals surface area contributed by atoms with E-state index in [1.54, 1.807) is 6.07 Å². The number of nitrogens with zero attached hydrogens (tertiary/aromatic N) is 1. The van der Waals surface area contributed by atoms with Gasteiger partial charge in [-0.15, -0.1) is 0 Å². The number of rotatable bonds is 3. The molecule has 0 aliphatic heterocycles. The number of aromatic carboxylic acids is 1. The van der Waals surface area contributed by atoms with Crippen molar-refractivity contribution in [3.05, 3.63) is 65.1 Å². The molecule has 6 heteroatoms. The maximum Gasteiger partial charge on any atom is 0.336 e. The highest BCUT2D eigenvalue weighted by atomic mass is 19.1. The molecule has 0 fully saturated rings. The predicted octanol–water partition coefficient (Wildman–Crippen LogP) is 3.40. The summed E-state index contributed by atoms with van der Waals surface area (Å²) in [4.78, 5) is 15.0. The van der Waals surface area contributed by atoms with Crippen LogP contribution in [-0.2, 0) is 6.42 Å². The zero-order valence-electron chi connectivity index (χ0n) is 10.6. The lowest BCUT2D eigenvalue weighted by atomic mass is 9.98. The van der Waals surface area contributed by atoms with Crippen molar-refractivity contribution in [1.29, 1.82) is 0 Å². The fourth-order valence-electron chi connectivity index (χ4n) is 2.20. The molecule has 1 heterocycles. The third kappa shape index (κ3) is 2.24. The summed E-state index contributed by atoms with van der Waals surface area (Å²) >= 11 is 0. The van der Waals surface area contributed by atoms with Crippen LogP contribution in [0.25, 0.3) is 11.1 Å². The minimum Gasteiger partial charge on any atom is -0.478 e. The van der Waals surface area contributed by atoms with E-state index in [0.717, 1.165) is 6.39 Å². The number of oxazole rings is 1. The predicted molar refractivity (Wildman–Crippen MR) is 70.1 cm³/mol. The Kier molecular flexibility index (Phi) is 3.13. The van der Waals surface area contributed by atoms with Gasteiger partial charge in [0.2, 0.25) is 0 Å². The normalized spacial score (nSPS) is 11.0. The van der Waals surface area contributed by atoms with Gasteiger partial charge in [0.05, 0.1) is 5.56 Å². The van der Waals surface area contributed by atoms with E-state index < -0.39 is 17.6 Å². The van der Waals surface area contributed by atoms with Gasteiger partial charge in [-0.1, -0.05) is 18.2 Å². The summed E-state index contributed by atoms with van der Waals surface area (Å²) in [7, 11) is 0. The van der Waals surface area contributed by atoms with Gasteiger partial charge in [-0.25, -0.2) is 18.6 Å². The lowest BCUT2D eigenvalue weighted by molar-refractivity contribution is 0.0695. The maximum absolute atomic E-state index is 14.4. The van der Waals surface area contributed by atoms with Crippen LogP contribution in [0, 0.1) is 11.6 Å². The molecule has 2 aromatic carbocycles. The first-order valence-corrected chi connectivity index (χ1v) is 6.09. The molecule has 0 saturated heterocycles. The second kappa shape index (κ2) is 4.97. The summed E-state index contributed by atoms with van der Waals surface area (Å²) in [6.07, 6.45) is 0.856. The van der Waals surface area contributed by atoms with Crippen LogP contribution in [0.2, 0.25) is 0 Å². The number of hydrogen-bond acceptors (Lipinski definition) is 3. The van der Waals surface area contributed by atoms with E-state index in [4.69, 9.17) is 4.42 Å². The number of benzene rings is 2. The first kappa shape index (κ1) is 13.2. The molecular weight excluding hydrogens is 280 g/mol. The van der Waals surface area contributed by atoms with Crippen molar-refractivity contribution in [2.24, 2.45) is 0 Å². The highest BCUT2D eigenvalue weighted by Crippen LogP contribution is 2.26. The minimum atomic E-state index is -1.31. The topological polar surface area (TPSA) is 63.3 Å². The number of hydrogen-bond donors (Lipinski definition) is 1. The lowest BCUT2D eigenvalue weighted by Gasteiger charge is -2.09. The van der Waals surface area contributed by atoms with Gasteiger partial charge in [-0.3, -0.25) is 0 Å². The number of carboxylic acid groups (broad SMARTS) is 1. The number of fused-ring (bicyclic) bond motifs is 1. The Labute approximate surface area is 117 Å². The Balaban J connectivity index is 2.20. The Morgan fingerprint density at radius 3 is 2.76 bits per heavy atom. The van der Waals surface area contributed by atoms with E-state index in [0.29, 0.717) is 0 Å². The van der Waals surface area contributed by atoms with Crippen molar-refractivity contribution in [2.45, 2.75) is 6.42 Å². The first-order valence-electron chi connectivity index (χ1n) is 6.09.